The third-order valence-electron chi connectivity index (χ3n) is 5.49. The van der Waals surface area contributed by atoms with E-state index in [1.165, 1.54) is 25.8 Å². The zero-order valence-corrected chi connectivity index (χ0v) is 12.9. The molecule has 5 nitrogen and oxygen atoms in total. The van der Waals surface area contributed by atoms with Gasteiger partial charge in [-0.05, 0) is 25.2 Å². The lowest BCUT2D eigenvalue weighted by molar-refractivity contribution is -0.0615. The number of likely N-dealkylation sites (tertiary alicyclic amines) is 1. The Morgan fingerprint density at radius 3 is 2.76 bits per heavy atom. The summed E-state index contributed by atoms with van der Waals surface area (Å²) in [5.41, 5.74) is 0. The quantitative estimate of drug-likeness (QED) is 0.758. The lowest BCUT2D eigenvalue weighted by atomic mass is 10.1. The second-order valence-corrected chi connectivity index (χ2v) is 7.05. The van der Waals surface area contributed by atoms with Crippen molar-refractivity contribution in [2.24, 2.45) is 5.92 Å². The zero-order chi connectivity index (χ0) is 14.1. The smallest absolute Gasteiger partial charge is 0.0869 e. The second kappa shape index (κ2) is 6.50. The van der Waals surface area contributed by atoms with E-state index in [2.05, 4.69) is 9.80 Å². The minimum atomic E-state index is 0.405. The topological polar surface area (TPSA) is 34.2 Å². The van der Waals surface area contributed by atoms with Crippen LogP contribution in [0.1, 0.15) is 19.3 Å². The molecule has 4 fully saturated rings. The Bertz CT molecular complexity index is 342. The molecule has 4 aliphatic rings. The van der Waals surface area contributed by atoms with Crippen LogP contribution in [0.5, 0.6) is 0 Å². The van der Waals surface area contributed by atoms with Crippen molar-refractivity contribution in [3.8, 4) is 0 Å². The largest absolute Gasteiger partial charge is 0.381 e. The van der Waals surface area contributed by atoms with Crippen molar-refractivity contribution in [2.45, 2.75) is 37.5 Å². The van der Waals surface area contributed by atoms with E-state index < -0.39 is 0 Å². The Kier molecular flexibility index (Phi) is 4.46. The molecule has 4 rings (SSSR count). The molecular formula is C16H28N2O3. The number of rotatable bonds is 4. The maximum Gasteiger partial charge on any atom is 0.0869 e. The number of ether oxygens (including phenoxy) is 3. The molecule has 0 N–H and O–H groups in total. The fraction of sp³-hybridized carbons (Fsp3) is 1.00. The van der Waals surface area contributed by atoms with Crippen LogP contribution in [0.3, 0.4) is 0 Å². The predicted octanol–water partition coefficient (Wildman–Crippen LogP) is 0.587. The summed E-state index contributed by atoms with van der Waals surface area (Å²) in [6, 6.07) is 0.574. The Labute approximate surface area is 127 Å². The Morgan fingerprint density at radius 1 is 0.952 bits per heavy atom. The van der Waals surface area contributed by atoms with Crippen LogP contribution in [0.25, 0.3) is 0 Å². The molecular weight excluding hydrogens is 268 g/mol. The van der Waals surface area contributed by atoms with E-state index in [0.29, 0.717) is 18.2 Å². The van der Waals surface area contributed by atoms with E-state index in [9.17, 15) is 0 Å². The van der Waals surface area contributed by atoms with Crippen LogP contribution in [0, 0.1) is 5.92 Å². The molecule has 21 heavy (non-hydrogen) atoms. The molecule has 0 spiro atoms. The summed E-state index contributed by atoms with van der Waals surface area (Å²) in [5, 5.41) is 0. The van der Waals surface area contributed by atoms with E-state index in [1.54, 1.807) is 0 Å². The van der Waals surface area contributed by atoms with Crippen LogP contribution in [0.4, 0.5) is 0 Å². The van der Waals surface area contributed by atoms with Gasteiger partial charge in [0.05, 0.1) is 25.4 Å². The van der Waals surface area contributed by atoms with Gasteiger partial charge in [-0.2, -0.15) is 0 Å². The number of hydrogen-bond donors (Lipinski definition) is 0. The predicted molar refractivity (Wildman–Crippen MR) is 79.4 cm³/mol. The van der Waals surface area contributed by atoms with Gasteiger partial charge in [0, 0.05) is 52.0 Å². The fourth-order valence-corrected chi connectivity index (χ4v) is 4.35. The molecule has 4 saturated heterocycles. The summed E-state index contributed by atoms with van der Waals surface area (Å²) < 4.78 is 17.4. The monoisotopic (exact) mass is 296 g/mol. The zero-order valence-electron chi connectivity index (χ0n) is 12.9. The van der Waals surface area contributed by atoms with Crippen molar-refractivity contribution in [3.63, 3.8) is 0 Å². The first kappa shape index (κ1) is 14.4. The van der Waals surface area contributed by atoms with Crippen LogP contribution in [-0.4, -0.2) is 87.2 Å². The van der Waals surface area contributed by atoms with Gasteiger partial charge in [0.25, 0.3) is 0 Å². The Morgan fingerprint density at radius 2 is 1.95 bits per heavy atom. The molecule has 5 heteroatoms. The van der Waals surface area contributed by atoms with Crippen molar-refractivity contribution in [3.05, 3.63) is 0 Å². The van der Waals surface area contributed by atoms with Crippen LogP contribution in [-0.2, 0) is 14.2 Å². The highest BCUT2D eigenvalue weighted by Gasteiger charge is 2.41. The summed E-state index contributed by atoms with van der Waals surface area (Å²) in [6.45, 7) is 9.36. The van der Waals surface area contributed by atoms with Gasteiger partial charge in [0.15, 0.2) is 0 Å². The maximum absolute atomic E-state index is 6.04. The molecule has 0 saturated carbocycles. The first-order valence-electron chi connectivity index (χ1n) is 8.66. The van der Waals surface area contributed by atoms with E-state index >= 15 is 0 Å². The summed E-state index contributed by atoms with van der Waals surface area (Å²) in [6.07, 6.45) is 4.56. The maximum atomic E-state index is 6.04. The summed E-state index contributed by atoms with van der Waals surface area (Å²) in [4.78, 5) is 5.23. The minimum absolute atomic E-state index is 0.405. The Balaban J connectivity index is 1.33. The number of nitrogens with zero attached hydrogens (tertiary/aromatic N) is 2. The molecule has 120 valence electrons. The first-order valence-corrected chi connectivity index (χ1v) is 8.66. The van der Waals surface area contributed by atoms with E-state index in [4.69, 9.17) is 14.2 Å². The highest BCUT2D eigenvalue weighted by molar-refractivity contribution is 4.95. The third-order valence-corrected chi connectivity index (χ3v) is 5.49. The van der Waals surface area contributed by atoms with E-state index in [0.717, 1.165) is 58.5 Å². The number of fused-ring (bicyclic) bond motifs is 1. The van der Waals surface area contributed by atoms with Crippen molar-refractivity contribution >= 4 is 0 Å². The van der Waals surface area contributed by atoms with Crippen LogP contribution < -0.4 is 0 Å². The van der Waals surface area contributed by atoms with Gasteiger partial charge in [-0.3, -0.25) is 9.80 Å². The molecule has 0 radical (unpaired) electrons. The second-order valence-electron chi connectivity index (χ2n) is 7.05. The summed E-state index contributed by atoms with van der Waals surface area (Å²) in [5.74, 6) is 0.733. The Hall–Kier alpha value is -0.200. The number of hydrogen-bond acceptors (Lipinski definition) is 5. The molecule has 0 bridgehead atoms. The van der Waals surface area contributed by atoms with Crippen LogP contribution >= 0.6 is 0 Å². The van der Waals surface area contributed by atoms with E-state index in [-0.39, 0.29) is 0 Å². The standard InChI is InChI=1S/C16H28N2O3/c1-2-14(20-5-1)9-18-4-7-21-16-11-17(10-15(16)18)8-13-3-6-19-12-13/h13-16H,1-12H2/t13?,14?,15-,16+/m1/s1. The lowest BCUT2D eigenvalue weighted by Gasteiger charge is -2.38. The molecule has 4 aliphatic heterocycles. The molecule has 0 aliphatic carbocycles. The van der Waals surface area contributed by atoms with Crippen molar-refractivity contribution in [1.29, 1.82) is 0 Å². The van der Waals surface area contributed by atoms with Gasteiger partial charge in [-0.15, -0.1) is 0 Å². The van der Waals surface area contributed by atoms with E-state index in [1.807, 2.05) is 0 Å². The van der Waals surface area contributed by atoms with Gasteiger partial charge < -0.3 is 14.2 Å². The average Bonchev–Trinajstić information content (AvgIpc) is 3.20. The number of morpholine rings is 1. The molecule has 0 aromatic carbocycles. The highest BCUT2D eigenvalue weighted by Crippen LogP contribution is 2.26. The minimum Gasteiger partial charge on any atom is -0.381 e. The molecule has 2 unspecified atom stereocenters. The molecule has 0 amide bonds. The third kappa shape index (κ3) is 3.27. The lowest BCUT2D eigenvalue weighted by Crippen LogP contribution is -2.52. The van der Waals surface area contributed by atoms with Crippen LogP contribution in [0.2, 0.25) is 0 Å². The van der Waals surface area contributed by atoms with Gasteiger partial charge >= 0.3 is 0 Å². The average molecular weight is 296 g/mol. The summed E-state index contributed by atoms with van der Waals surface area (Å²) >= 11 is 0. The summed E-state index contributed by atoms with van der Waals surface area (Å²) in [7, 11) is 0. The fourth-order valence-electron chi connectivity index (χ4n) is 4.35. The molecule has 4 heterocycles. The first-order chi connectivity index (χ1) is 10.4. The van der Waals surface area contributed by atoms with Gasteiger partial charge in [0.2, 0.25) is 0 Å². The SMILES string of the molecule is C1COC(CN2CCO[C@H]3CN(CC4CCOC4)C[C@H]32)C1. The van der Waals surface area contributed by atoms with Crippen LogP contribution in [0.15, 0.2) is 0 Å². The van der Waals surface area contributed by atoms with Gasteiger partial charge in [-0.25, -0.2) is 0 Å². The highest BCUT2D eigenvalue weighted by atomic mass is 16.5. The van der Waals surface area contributed by atoms with Crippen molar-refractivity contribution in [2.75, 3.05) is 59.2 Å². The molecule has 4 atom stereocenters. The normalized spacial score (nSPS) is 41.7. The molecule has 0 aromatic heterocycles. The van der Waals surface area contributed by atoms with Crippen molar-refractivity contribution < 1.29 is 14.2 Å². The van der Waals surface area contributed by atoms with Gasteiger partial charge in [0.1, 0.15) is 0 Å². The van der Waals surface area contributed by atoms with Gasteiger partial charge in [-0.1, -0.05) is 0 Å². The van der Waals surface area contributed by atoms with Crippen molar-refractivity contribution in [1.82, 2.24) is 9.80 Å². The molecule has 0 aromatic rings.